The van der Waals surface area contributed by atoms with Gasteiger partial charge in [0.2, 0.25) is 8.32 Å². The average Bonchev–Trinajstić information content (AvgIpc) is 2.93. The first-order chi connectivity index (χ1) is 16.8. The van der Waals surface area contributed by atoms with Crippen LogP contribution in [0.1, 0.15) is 11.8 Å². The van der Waals surface area contributed by atoms with Crippen LogP contribution in [-0.2, 0) is 18.0 Å². The highest BCUT2D eigenvalue weighted by Gasteiger charge is 2.51. The number of ether oxygens (including phenoxy) is 1. The molecule has 1 aromatic rings. The Balaban J connectivity index is 2.73. The molecule has 1 aromatic heterocycles. The summed E-state index contributed by atoms with van der Waals surface area (Å²) in [5, 5.41) is 0. The molecule has 0 radical (unpaired) electrons. The maximum Gasteiger partial charge on any atom is 0.286 e. The quantitative estimate of drug-likeness (QED) is 0.270. The van der Waals surface area contributed by atoms with E-state index in [-0.39, 0.29) is 18.3 Å². The van der Waals surface area contributed by atoms with Gasteiger partial charge in [0.05, 0.1) is 6.61 Å². The lowest BCUT2D eigenvalue weighted by Gasteiger charge is -2.35. The molecule has 0 N–H and O–H groups in total. The maximum atomic E-state index is 6.88. The number of aryl methyl sites for hydroxylation is 1. The Hall–Kier alpha value is -0.396. The Labute approximate surface area is 237 Å². The predicted molar refractivity (Wildman–Crippen MR) is 169 cm³/mol. The van der Waals surface area contributed by atoms with E-state index in [0.29, 0.717) is 12.6 Å². The molecule has 38 heavy (non-hydrogen) atoms. The van der Waals surface area contributed by atoms with Crippen molar-refractivity contribution in [3.05, 3.63) is 17.2 Å². The number of rotatable bonds is 11. The maximum absolute atomic E-state index is 6.88. The zero-order valence-corrected chi connectivity index (χ0v) is 32.0. The number of nitrogens with zero attached hydrogens (tertiary/aromatic N) is 3. The molecule has 0 amide bonds. The SMILES string of the molecule is Cc1cn(C2O[C@@H](CO[Si](C)(C)C)[C@H](O[Si](C)(C)C)[C@@H]2O[Si](C)(C)C)c(O[Si](C)(C)C)n/c1=N\[Si](C)(C)C. The van der Waals surface area contributed by atoms with Crippen molar-refractivity contribution in [1.29, 1.82) is 0 Å². The summed E-state index contributed by atoms with van der Waals surface area (Å²) in [5.74, 6) is 0. The minimum atomic E-state index is -2.01. The zero-order valence-electron chi connectivity index (χ0n) is 27.0. The summed E-state index contributed by atoms with van der Waals surface area (Å²) < 4.78 is 40.5. The summed E-state index contributed by atoms with van der Waals surface area (Å²) in [4.78, 5) is 4.99. The molecule has 1 fully saturated rings. The lowest BCUT2D eigenvalue weighted by atomic mass is 10.1. The minimum Gasteiger partial charge on any atom is -0.519 e. The Morgan fingerprint density at radius 2 is 1.32 bits per heavy atom. The number of aromatic nitrogens is 2. The molecule has 2 heterocycles. The van der Waals surface area contributed by atoms with Crippen molar-refractivity contribution in [3.63, 3.8) is 0 Å². The van der Waals surface area contributed by atoms with E-state index in [9.17, 15) is 0 Å². The third kappa shape index (κ3) is 11.2. The van der Waals surface area contributed by atoms with Crippen LogP contribution in [-0.4, -0.2) is 76.0 Å². The van der Waals surface area contributed by atoms with E-state index >= 15 is 0 Å². The molecule has 0 bridgehead atoms. The lowest BCUT2D eigenvalue weighted by molar-refractivity contribution is -0.0503. The highest BCUT2D eigenvalue weighted by molar-refractivity contribution is 6.74. The fourth-order valence-electron chi connectivity index (χ4n) is 4.00. The van der Waals surface area contributed by atoms with E-state index in [4.69, 9.17) is 32.1 Å². The summed E-state index contributed by atoms with van der Waals surface area (Å²) >= 11 is 0. The summed E-state index contributed by atoms with van der Waals surface area (Å²) in [6.45, 7) is 35.6. The summed E-state index contributed by atoms with van der Waals surface area (Å²) in [6, 6.07) is 0.541. The van der Waals surface area contributed by atoms with Crippen molar-refractivity contribution in [3.8, 4) is 6.01 Å². The van der Waals surface area contributed by atoms with Gasteiger partial charge in [-0.15, -0.1) is 0 Å². The topological polar surface area (TPSA) is 76.3 Å². The van der Waals surface area contributed by atoms with E-state index in [0.717, 1.165) is 11.1 Å². The van der Waals surface area contributed by atoms with Crippen molar-refractivity contribution < 1.29 is 22.4 Å². The van der Waals surface area contributed by atoms with Crippen LogP contribution in [0, 0.1) is 6.92 Å². The van der Waals surface area contributed by atoms with Gasteiger partial charge in [0.1, 0.15) is 23.8 Å². The molecule has 8 nitrogen and oxygen atoms in total. The smallest absolute Gasteiger partial charge is 0.286 e. The van der Waals surface area contributed by atoms with Crippen LogP contribution in [0.15, 0.2) is 10.9 Å². The molecular weight excluding hydrogens is 563 g/mol. The van der Waals surface area contributed by atoms with Crippen LogP contribution >= 0.6 is 0 Å². The standard InChI is InChI=1S/C25H55N3O5Si5/c1-19-17-28(25(33-38(14,15)16)26-23(19)27-34(2,3)4)24-22(32-37(11,12)13)21(31-36(8,9)10)20(30-24)18-29-35(5,6)7/h17,20-22,24H,18H2,1-16H3/b27-23-/t20-,21-,22-,24?/m0/s1. The molecule has 0 spiro atoms. The second-order valence-corrected chi connectivity index (χ2v) is 37.7. The van der Waals surface area contributed by atoms with Crippen LogP contribution in [0.5, 0.6) is 6.01 Å². The molecule has 0 saturated carbocycles. The first kappa shape index (κ1) is 33.8. The molecular formula is C25H55N3O5Si5. The number of hydrogen-bond donors (Lipinski definition) is 0. The van der Waals surface area contributed by atoms with Crippen molar-refractivity contribution in [2.24, 2.45) is 4.66 Å². The Bertz CT molecular complexity index is 1020. The monoisotopic (exact) mass is 617 g/mol. The van der Waals surface area contributed by atoms with E-state index in [1.807, 2.05) is 4.57 Å². The van der Waals surface area contributed by atoms with Crippen LogP contribution < -0.4 is 9.91 Å². The van der Waals surface area contributed by atoms with Gasteiger partial charge in [-0.25, -0.2) is 0 Å². The molecule has 1 saturated heterocycles. The second-order valence-electron chi connectivity index (χ2n) is 15.3. The fraction of sp³-hybridized carbons (Fsp3) is 0.840. The minimum absolute atomic E-state index is 0.242. The van der Waals surface area contributed by atoms with Crippen LogP contribution in [0.25, 0.3) is 0 Å². The zero-order chi connectivity index (χ0) is 29.5. The third-order valence-corrected chi connectivity index (χ3v) is 9.84. The largest absolute Gasteiger partial charge is 0.519 e. The Morgan fingerprint density at radius 3 is 1.76 bits per heavy atom. The van der Waals surface area contributed by atoms with Crippen molar-refractivity contribution in [1.82, 2.24) is 9.55 Å². The summed E-state index contributed by atoms with van der Waals surface area (Å²) in [6.07, 6.45) is 0.836. The van der Waals surface area contributed by atoms with Crippen molar-refractivity contribution in [2.45, 2.75) is 130 Å². The molecule has 0 aromatic carbocycles. The molecule has 4 atom stereocenters. The highest BCUT2D eigenvalue weighted by Crippen LogP contribution is 2.39. The molecule has 2 rings (SSSR count). The van der Waals surface area contributed by atoms with Gasteiger partial charge >= 0.3 is 0 Å². The molecule has 1 aliphatic heterocycles. The van der Waals surface area contributed by atoms with Gasteiger partial charge in [-0.2, -0.15) is 4.98 Å². The van der Waals surface area contributed by atoms with Crippen LogP contribution in [0.2, 0.25) is 98.2 Å². The second kappa shape index (κ2) is 11.8. The van der Waals surface area contributed by atoms with Crippen molar-refractivity contribution >= 4 is 41.5 Å². The van der Waals surface area contributed by atoms with Crippen molar-refractivity contribution in [2.75, 3.05) is 6.61 Å². The molecule has 1 aliphatic rings. The van der Waals surface area contributed by atoms with E-state index < -0.39 is 47.7 Å². The normalized spacial score (nSPS) is 24.3. The first-order valence-electron chi connectivity index (χ1n) is 13.8. The van der Waals surface area contributed by atoms with E-state index in [2.05, 4.69) is 111 Å². The Kier molecular flexibility index (Phi) is 10.5. The van der Waals surface area contributed by atoms with E-state index in [1.54, 1.807) is 0 Å². The van der Waals surface area contributed by atoms with Crippen LogP contribution in [0.4, 0.5) is 0 Å². The fourth-order valence-corrected chi connectivity index (χ4v) is 8.40. The van der Waals surface area contributed by atoms with Gasteiger partial charge < -0.3 is 27.1 Å². The third-order valence-electron chi connectivity index (χ3n) is 5.17. The molecule has 13 heteroatoms. The van der Waals surface area contributed by atoms with Gasteiger partial charge in [-0.05, 0) is 105 Å². The molecule has 220 valence electrons. The Morgan fingerprint density at radius 1 is 0.789 bits per heavy atom. The van der Waals surface area contributed by atoms with Gasteiger partial charge in [-0.3, -0.25) is 4.57 Å². The van der Waals surface area contributed by atoms with Crippen LogP contribution in [0.3, 0.4) is 0 Å². The molecule has 0 aliphatic carbocycles. The van der Waals surface area contributed by atoms with E-state index in [1.165, 1.54) is 0 Å². The lowest BCUT2D eigenvalue weighted by Crippen LogP contribution is -2.49. The van der Waals surface area contributed by atoms with Gasteiger partial charge in [0.25, 0.3) is 6.01 Å². The summed E-state index contributed by atoms with van der Waals surface area (Å²) in [7, 11) is -9.44. The first-order valence-corrected chi connectivity index (χ1v) is 30.9. The number of hydrogen-bond acceptors (Lipinski definition) is 7. The summed E-state index contributed by atoms with van der Waals surface area (Å²) in [5.41, 5.74) is 1.75. The van der Waals surface area contributed by atoms with Gasteiger partial charge in [0, 0.05) is 11.8 Å². The highest BCUT2D eigenvalue weighted by atomic mass is 28.4. The average molecular weight is 618 g/mol. The van der Waals surface area contributed by atoms with Gasteiger partial charge in [0.15, 0.2) is 39.4 Å². The molecule has 1 unspecified atom stereocenters. The van der Waals surface area contributed by atoms with Gasteiger partial charge in [-0.1, -0.05) is 0 Å². The predicted octanol–water partition coefficient (Wildman–Crippen LogP) is 6.33.